The van der Waals surface area contributed by atoms with Crippen LogP contribution in [0.4, 0.5) is 10.5 Å². The maximum atomic E-state index is 12.9. The van der Waals surface area contributed by atoms with Crippen LogP contribution in [0.15, 0.2) is 23.2 Å². The minimum absolute atomic E-state index is 0.188. The molecule has 0 spiro atoms. The summed E-state index contributed by atoms with van der Waals surface area (Å²) < 4.78 is 15.7. The molecule has 2 heterocycles. The Morgan fingerprint density at radius 3 is 2.66 bits per heavy atom. The van der Waals surface area contributed by atoms with Crippen molar-refractivity contribution in [3.8, 4) is 11.5 Å². The summed E-state index contributed by atoms with van der Waals surface area (Å²) in [5.74, 6) is -1.86. The van der Waals surface area contributed by atoms with Crippen LogP contribution in [0.1, 0.15) is 0 Å². The van der Waals surface area contributed by atoms with Gasteiger partial charge >= 0.3 is 6.03 Å². The van der Waals surface area contributed by atoms with Crippen LogP contribution < -0.4 is 19.7 Å². The van der Waals surface area contributed by atoms with E-state index in [9.17, 15) is 14.4 Å². The van der Waals surface area contributed by atoms with E-state index < -0.39 is 23.8 Å². The van der Waals surface area contributed by atoms with Crippen molar-refractivity contribution >= 4 is 29.7 Å². The number of amides is 4. The van der Waals surface area contributed by atoms with Gasteiger partial charge in [-0.15, -0.1) is 0 Å². The first-order valence-corrected chi connectivity index (χ1v) is 9.26. The number of benzene rings is 1. The van der Waals surface area contributed by atoms with Crippen molar-refractivity contribution in [2.24, 2.45) is 10.9 Å². The lowest BCUT2D eigenvalue weighted by Crippen LogP contribution is -2.58. The first kappa shape index (κ1) is 20.7. The maximum absolute atomic E-state index is 12.9. The van der Waals surface area contributed by atoms with E-state index in [0.29, 0.717) is 37.8 Å². The van der Waals surface area contributed by atoms with Crippen molar-refractivity contribution in [1.29, 1.82) is 0 Å². The summed E-state index contributed by atoms with van der Waals surface area (Å²) in [6, 6.07) is 3.88. The average molecular weight is 404 g/mol. The van der Waals surface area contributed by atoms with Crippen molar-refractivity contribution in [1.82, 2.24) is 10.2 Å². The summed E-state index contributed by atoms with van der Waals surface area (Å²) in [4.78, 5) is 44.8. The highest BCUT2D eigenvalue weighted by Crippen LogP contribution is 2.34. The fraction of sp³-hybridized carbons (Fsp3) is 0.474. The highest BCUT2D eigenvalue weighted by molar-refractivity contribution is 6.33. The standard InChI is InChI=1S/C19H24N4O6/c1-27-13-3-4-16(28-2)15(11-13)23-18(25)14(17(24)21-19(23)26)12-20-5-6-22-7-9-29-10-8-22/h3-4,11-12,14H,5-10H2,1-2H3,(H,21,24,26)/t14-/m1/s1. The van der Waals surface area contributed by atoms with Crippen LogP contribution in [0.5, 0.6) is 11.5 Å². The second-order valence-electron chi connectivity index (χ2n) is 6.49. The summed E-state index contributed by atoms with van der Waals surface area (Å²) >= 11 is 0. The number of nitrogens with zero attached hydrogens (tertiary/aromatic N) is 3. The van der Waals surface area contributed by atoms with Gasteiger partial charge in [0.1, 0.15) is 11.5 Å². The molecule has 4 amide bonds. The summed E-state index contributed by atoms with van der Waals surface area (Å²) in [6.07, 6.45) is 1.30. The molecule has 2 aliphatic rings. The Hall–Kier alpha value is -2.98. The lowest BCUT2D eigenvalue weighted by Gasteiger charge is -2.29. The van der Waals surface area contributed by atoms with Gasteiger partial charge in [0, 0.05) is 31.9 Å². The van der Waals surface area contributed by atoms with Crippen LogP contribution in [0, 0.1) is 5.92 Å². The predicted octanol–water partition coefficient (Wildman–Crippen LogP) is 0.306. The van der Waals surface area contributed by atoms with Crippen LogP contribution in [0.25, 0.3) is 0 Å². The Morgan fingerprint density at radius 2 is 1.97 bits per heavy atom. The number of ether oxygens (including phenoxy) is 3. The molecule has 2 saturated heterocycles. The quantitative estimate of drug-likeness (QED) is 0.514. The normalized spacial score (nSPS) is 20.8. The zero-order chi connectivity index (χ0) is 20.8. The van der Waals surface area contributed by atoms with Crippen molar-refractivity contribution in [3.05, 3.63) is 18.2 Å². The second-order valence-corrected chi connectivity index (χ2v) is 6.49. The number of barbiturate groups is 1. The fourth-order valence-corrected chi connectivity index (χ4v) is 3.13. The summed E-state index contributed by atoms with van der Waals surface area (Å²) in [7, 11) is 2.89. The molecule has 0 radical (unpaired) electrons. The summed E-state index contributed by atoms with van der Waals surface area (Å²) in [6.45, 7) is 4.17. The Labute approximate surface area is 168 Å². The third-order valence-corrected chi connectivity index (χ3v) is 4.73. The summed E-state index contributed by atoms with van der Waals surface area (Å²) in [5, 5.41) is 2.20. The van der Waals surface area contributed by atoms with Gasteiger partial charge in [-0.05, 0) is 12.1 Å². The fourth-order valence-electron chi connectivity index (χ4n) is 3.13. The SMILES string of the molecule is COc1ccc(OC)c(N2C(=O)NC(=O)[C@@H](C=NCCN3CCOCC3)C2=O)c1. The number of aliphatic imine (C=N–C) groups is 1. The van der Waals surface area contributed by atoms with E-state index in [1.54, 1.807) is 12.1 Å². The Balaban J connectivity index is 1.75. The highest BCUT2D eigenvalue weighted by atomic mass is 16.5. The molecule has 0 saturated carbocycles. The number of hydrogen-bond donors (Lipinski definition) is 1. The Morgan fingerprint density at radius 1 is 1.21 bits per heavy atom. The van der Waals surface area contributed by atoms with Gasteiger partial charge in [0.05, 0.1) is 39.7 Å². The number of anilines is 1. The van der Waals surface area contributed by atoms with E-state index in [1.165, 1.54) is 26.5 Å². The molecule has 0 aliphatic carbocycles. The molecule has 0 bridgehead atoms. The molecule has 2 fully saturated rings. The molecule has 3 rings (SSSR count). The monoisotopic (exact) mass is 404 g/mol. The van der Waals surface area contributed by atoms with Crippen LogP contribution in [0.2, 0.25) is 0 Å². The van der Waals surface area contributed by atoms with Gasteiger partial charge in [-0.25, -0.2) is 9.69 Å². The summed E-state index contributed by atoms with van der Waals surface area (Å²) in [5.41, 5.74) is 0.188. The third kappa shape index (κ3) is 4.72. The van der Waals surface area contributed by atoms with Crippen molar-refractivity contribution in [2.75, 3.05) is 58.5 Å². The maximum Gasteiger partial charge on any atom is 0.335 e. The molecule has 1 atom stereocenters. The van der Waals surface area contributed by atoms with Gasteiger partial charge in [-0.3, -0.25) is 24.8 Å². The topological polar surface area (TPSA) is 110 Å². The molecule has 10 nitrogen and oxygen atoms in total. The smallest absolute Gasteiger partial charge is 0.335 e. The van der Waals surface area contributed by atoms with Gasteiger partial charge in [-0.2, -0.15) is 0 Å². The van der Waals surface area contributed by atoms with Crippen molar-refractivity contribution in [2.45, 2.75) is 0 Å². The van der Waals surface area contributed by atoms with E-state index in [1.807, 2.05) is 0 Å². The Bertz CT molecular complexity index is 806. The van der Waals surface area contributed by atoms with Crippen molar-refractivity contribution in [3.63, 3.8) is 0 Å². The number of carbonyl (C=O) groups is 3. The number of hydrogen-bond acceptors (Lipinski definition) is 8. The minimum Gasteiger partial charge on any atom is -0.497 e. The van der Waals surface area contributed by atoms with E-state index in [2.05, 4.69) is 15.2 Å². The van der Waals surface area contributed by atoms with Crippen molar-refractivity contribution < 1.29 is 28.6 Å². The molecule has 1 N–H and O–H groups in total. The van der Waals surface area contributed by atoms with E-state index in [4.69, 9.17) is 14.2 Å². The first-order chi connectivity index (χ1) is 14.0. The first-order valence-electron chi connectivity index (χ1n) is 9.26. The number of methoxy groups -OCH3 is 2. The number of carbonyl (C=O) groups excluding carboxylic acids is 3. The van der Waals surface area contributed by atoms with Crippen LogP contribution in [-0.4, -0.2) is 82.6 Å². The number of imide groups is 2. The molecule has 2 aliphatic heterocycles. The molecule has 1 aromatic carbocycles. The van der Waals surface area contributed by atoms with Gasteiger partial charge in [0.15, 0.2) is 5.92 Å². The molecular formula is C19H24N4O6. The molecule has 0 aromatic heterocycles. The number of rotatable bonds is 7. The van der Waals surface area contributed by atoms with E-state index in [-0.39, 0.29) is 5.69 Å². The van der Waals surface area contributed by atoms with Gasteiger partial charge in [0.25, 0.3) is 5.91 Å². The van der Waals surface area contributed by atoms with Gasteiger partial charge in [-0.1, -0.05) is 0 Å². The van der Waals surface area contributed by atoms with E-state index in [0.717, 1.165) is 18.0 Å². The molecule has 1 aromatic rings. The second kappa shape index (κ2) is 9.48. The van der Waals surface area contributed by atoms with Crippen LogP contribution >= 0.6 is 0 Å². The van der Waals surface area contributed by atoms with E-state index >= 15 is 0 Å². The minimum atomic E-state index is -1.20. The lowest BCUT2D eigenvalue weighted by atomic mass is 10.1. The lowest BCUT2D eigenvalue weighted by molar-refractivity contribution is -0.131. The number of nitrogens with one attached hydrogen (secondary N) is 1. The number of urea groups is 1. The Kier molecular flexibility index (Phi) is 6.78. The zero-order valence-electron chi connectivity index (χ0n) is 16.4. The molecule has 0 unspecified atom stereocenters. The van der Waals surface area contributed by atoms with Crippen LogP contribution in [-0.2, 0) is 14.3 Å². The molecule has 156 valence electrons. The van der Waals surface area contributed by atoms with Gasteiger partial charge < -0.3 is 14.2 Å². The number of morpholine rings is 1. The highest BCUT2D eigenvalue weighted by Gasteiger charge is 2.41. The molecule has 10 heteroatoms. The largest absolute Gasteiger partial charge is 0.497 e. The zero-order valence-corrected chi connectivity index (χ0v) is 16.4. The predicted molar refractivity (Wildman–Crippen MR) is 105 cm³/mol. The third-order valence-electron chi connectivity index (χ3n) is 4.73. The average Bonchev–Trinajstić information content (AvgIpc) is 2.73. The van der Waals surface area contributed by atoms with Gasteiger partial charge in [0.2, 0.25) is 5.91 Å². The van der Waals surface area contributed by atoms with Crippen LogP contribution in [0.3, 0.4) is 0 Å². The molecular weight excluding hydrogens is 380 g/mol. The molecule has 29 heavy (non-hydrogen) atoms.